The fourth-order valence-corrected chi connectivity index (χ4v) is 4.93. The van der Waals surface area contributed by atoms with E-state index in [1.807, 2.05) is 0 Å². The number of carboxylic acids is 1. The second-order valence-electron chi connectivity index (χ2n) is 4.82. The Morgan fingerprint density at radius 2 is 2.00 bits per heavy atom. The lowest BCUT2D eigenvalue weighted by Gasteiger charge is -2.37. The third-order valence-electron chi connectivity index (χ3n) is 3.66. The highest BCUT2D eigenvalue weighted by atomic mass is 31.2. The molecule has 6 heteroatoms. The average molecular weight is 263 g/mol. The van der Waals surface area contributed by atoms with Crippen LogP contribution in [0.1, 0.15) is 44.9 Å². The molecule has 0 radical (unpaired) electrons. The maximum atomic E-state index is 12.1. The molecule has 0 saturated carbocycles. The van der Waals surface area contributed by atoms with Crippen molar-refractivity contribution in [1.82, 2.24) is 0 Å². The van der Waals surface area contributed by atoms with Gasteiger partial charge in [-0.3, -0.25) is 9.36 Å². The van der Waals surface area contributed by atoms with E-state index in [0.29, 0.717) is 32.2 Å². The molecule has 0 aromatic heterocycles. The zero-order valence-corrected chi connectivity index (χ0v) is 11.0. The van der Waals surface area contributed by atoms with E-state index < -0.39 is 18.5 Å². The van der Waals surface area contributed by atoms with E-state index in [4.69, 9.17) is 5.73 Å². The van der Waals surface area contributed by atoms with Crippen molar-refractivity contribution in [2.24, 2.45) is 5.73 Å². The Labute approximate surface area is 102 Å². The number of hydrogen-bond acceptors (Lipinski definition) is 3. The lowest BCUT2D eigenvalue weighted by Crippen LogP contribution is -2.41. The van der Waals surface area contributed by atoms with E-state index in [-0.39, 0.29) is 6.16 Å². The maximum absolute atomic E-state index is 12.1. The lowest BCUT2D eigenvalue weighted by atomic mass is 9.94. The molecule has 0 aliphatic carbocycles. The average Bonchev–Trinajstić information content (AvgIpc) is 2.25. The first-order valence-electron chi connectivity index (χ1n) is 6.22. The summed E-state index contributed by atoms with van der Waals surface area (Å²) in [5, 5.41) is 7.93. The predicted octanol–water partition coefficient (Wildman–Crippen LogP) is 1.78. The zero-order valence-electron chi connectivity index (χ0n) is 10.1. The molecule has 2 unspecified atom stereocenters. The molecule has 1 rings (SSSR count). The molecule has 0 amide bonds. The summed E-state index contributed by atoms with van der Waals surface area (Å²) >= 11 is 0. The predicted molar refractivity (Wildman–Crippen MR) is 66.4 cm³/mol. The van der Waals surface area contributed by atoms with Crippen LogP contribution in [-0.2, 0) is 9.36 Å². The third kappa shape index (κ3) is 3.09. The van der Waals surface area contributed by atoms with Gasteiger partial charge in [0.2, 0.25) is 7.37 Å². The molecule has 1 saturated heterocycles. The molecule has 0 spiro atoms. The first-order valence-corrected chi connectivity index (χ1v) is 8.06. The minimum absolute atomic E-state index is 0.149. The Hall–Kier alpha value is -0.380. The largest absolute Gasteiger partial charge is 0.480 e. The van der Waals surface area contributed by atoms with Gasteiger partial charge in [0.1, 0.15) is 5.16 Å². The van der Waals surface area contributed by atoms with Gasteiger partial charge in [-0.05, 0) is 32.2 Å². The lowest BCUT2D eigenvalue weighted by molar-refractivity contribution is -0.141. The maximum Gasteiger partial charge on any atom is 0.319 e. The first kappa shape index (κ1) is 14.7. The monoisotopic (exact) mass is 263 g/mol. The Morgan fingerprint density at radius 1 is 1.29 bits per heavy atom. The van der Waals surface area contributed by atoms with Gasteiger partial charge < -0.3 is 15.7 Å². The molecule has 0 aromatic carbocycles. The van der Waals surface area contributed by atoms with Gasteiger partial charge in [0.15, 0.2) is 0 Å². The van der Waals surface area contributed by atoms with Crippen molar-refractivity contribution < 1.29 is 19.4 Å². The first-order chi connectivity index (χ1) is 7.96. The summed E-state index contributed by atoms with van der Waals surface area (Å²) in [6, 6.07) is 0. The van der Waals surface area contributed by atoms with Crippen LogP contribution in [0.2, 0.25) is 0 Å². The van der Waals surface area contributed by atoms with Crippen LogP contribution in [0.25, 0.3) is 0 Å². The molecule has 1 heterocycles. The van der Waals surface area contributed by atoms with Gasteiger partial charge in [-0.1, -0.05) is 19.3 Å². The van der Waals surface area contributed by atoms with Crippen LogP contribution in [0, 0.1) is 0 Å². The number of nitrogens with two attached hydrogens (primary N) is 1. The van der Waals surface area contributed by atoms with Crippen molar-refractivity contribution in [2.75, 3.05) is 12.7 Å². The number of hydrogen-bond donors (Lipinski definition) is 3. The van der Waals surface area contributed by atoms with Crippen LogP contribution in [0.4, 0.5) is 0 Å². The van der Waals surface area contributed by atoms with Crippen LogP contribution in [-0.4, -0.2) is 33.8 Å². The van der Waals surface area contributed by atoms with Crippen molar-refractivity contribution >= 4 is 13.3 Å². The van der Waals surface area contributed by atoms with Crippen molar-refractivity contribution in [3.05, 3.63) is 0 Å². The molecule has 5 nitrogen and oxygen atoms in total. The van der Waals surface area contributed by atoms with Crippen molar-refractivity contribution in [2.45, 2.75) is 50.1 Å². The Bertz CT molecular complexity index is 321. The van der Waals surface area contributed by atoms with Gasteiger partial charge in [-0.25, -0.2) is 0 Å². The number of aliphatic carboxylic acids is 1. The molecule has 2 atom stereocenters. The van der Waals surface area contributed by atoms with Gasteiger partial charge in [0.25, 0.3) is 0 Å². The van der Waals surface area contributed by atoms with Crippen molar-refractivity contribution in [3.63, 3.8) is 0 Å². The Morgan fingerprint density at radius 3 is 2.53 bits per heavy atom. The van der Waals surface area contributed by atoms with E-state index in [1.54, 1.807) is 0 Å². The van der Waals surface area contributed by atoms with Crippen LogP contribution in [0.15, 0.2) is 0 Å². The molecule has 4 N–H and O–H groups in total. The quantitative estimate of drug-likeness (QED) is 0.501. The van der Waals surface area contributed by atoms with E-state index in [2.05, 4.69) is 0 Å². The van der Waals surface area contributed by atoms with Gasteiger partial charge in [-0.15, -0.1) is 0 Å². The second-order valence-corrected chi connectivity index (χ2v) is 7.52. The minimum Gasteiger partial charge on any atom is -0.480 e. The van der Waals surface area contributed by atoms with Crippen LogP contribution < -0.4 is 5.73 Å². The number of rotatable bonds is 6. The molecule has 1 fully saturated rings. The van der Waals surface area contributed by atoms with Gasteiger partial charge >= 0.3 is 5.97 Å². The summed E-state index contributed by atoms with van der Waals surface area (Å²) in [5.74, 6) is -1.10. The zero-order chi connectivity index (χ0) is 12.9. The summed E-state index contributed by atoms with van der Waals surface area (Å²) in [6.45, 7) is 0.580. The standard InChI is InChI=1S/C11H22NO4P/c12-8-4-1-2-6-11(10(13)14)7-3-5-9-17(11,15)16/h1-9,12H2,(H,13,14)(H,15,16). The highest BCUT2D eigenvalue weighted by Gasteiger charge is 2.54. The smallest absolute Gasteiger partial charge is 0.319 e. The van der Waals surface area contributed by atoms with Gasteiger partial charge in [-0.2, -0.15) is 0 Å². The van der Waals surface area contributed by atoms with Crippen LogP contribution in [0.3, 0.4) is 0 Å². The third-order valence-corrected chi connectivity index (χ3v) is 6.56. The summed E-state index contributed by atoms with van der Waals surface area (Å²) in [7, 11) is -3.56. The Balaban J connectivity index is 2.74. The molecule has 0 bridgehead atoms. The van der Waals surface area contributed by atoms with Gasteiger partial charge in [0, 0.05) is 6.16 Å². The highest BCUT2D eigenvalue weighted by Crippen LogP contribution is 2.62. The number of unbranched alkanes of at least 4 members (excludes halogenated alkanes) is 2. The minimum atomic E-state index is -3.56. The summed E-state index contributed by atoms with van der Waals surface area (Å²) < 4.78 is 12.1. The summed E-state index contributed by atoms with van der Waals surface area (Å²) in [5.41, 5.74) is 5.37. The topological polar surface area (TPSA) is 101 Å². The second kappa shape index (κ2) is 5.98. The molecule has 100 valence electrons. The molecular formula is C11H22NO4P. The fraction of sp³-hybridized carbons (Fsp3) is 0.909. The van der Waals surface area contributed by atoms with Crippen molar-refractivity contribution in [3.8, 4) is 0 Å². The molecule has 1 aliphatic heterocycles. The van der Waals surface area contributed by atoms with Crippen LogP contribution >= 0.6 is 7.37 Å². The number of carboxylic acid groups (broad SMARTS) is 1. The van der Waals surface area contributed by atoms with E-state index >= 15 is 0 Å². The van der Waals surface area contributed by atoms with Crippen molar-refractivity contribution in [1.29, 1.82) is 0 Å². The highest BCUT2D eigenvalue weighted by molar-refractivity contribution is 7.60. The summed E-state index contributed by atoms with van der Waals surface area (Å²) in [4.78, 5) is 21.4. The summed E-state index contributed by atoms with van der Waals surface area (Å²) in [6.07, 6.45) is 4.50. The molecule has 1 aliphatic rings. The van der Waals surface area contributed by atoms with E-state index in [0.717, 1.165) is 19.3 Å². The van der Waals surface area contributed by atoms with Gasteiger partial charge in [0.05, 0.1) is 0 Å². The normalized spacial score (nSPS) is 33.5. The molecule has 0 aromatic rings. The van der Waals surface area contributed by atoms with E-state index in [9.17, 15) is 19.4 Å². The molecular weight excluding hydrogens is 241 g/mol. The molecule has 17 heavy (non-hydrogen) atoms. The van der Waals surface area contributed by atoms with E-state index in [1.165, 1.54) is 0 Å². The van der Waals surface area contributed by atoms with Crippen LogP contribution in [0.5, 0.6) is 0 Å². The fourth-order valence-electron chi connectivity index (χ4n) is 2.53. The Kier molecular flexibility index (Phi) is 5.17. The SMILES string of the molecule is NCCCCCC1(C(=O)O)CCCCP1(=O)O. The number of carbonyl (C=O) groups is 1.